The normalized spacial score (nSPS) is 12.1. The lowest BCUT2D eigenvalue weighted by atomic mass is 9.97. The van der Waals surface area contributed by atoms with Gasteiger partial charge in [0.2, 0.25) is 0 Å². The highest BCUT2D eigenvalue weighted by Crippen LogP contribution is 2.13. The molecule has 0 aliphatic carbocycles. The summed E-state index contributed by atoms with van der Waals surface area (Å²) in [5.41, 5.74) is 1.33. The number of esters is 1. The first-order chi connectivity index (χ1) is 7.72. The smallest absolute Gasteiger partial charge is 0.305 e. The Morgan fingerprint density at radius 3 is 2.62 bits per heavy atom. The van der Waals surface area contributed by atoms with Crippen molar-refractivity contribution in [2.24, 2.45) is 5.92 Å². The third-order valence-electron chi connectivity index (χ3n) is 2.57. The van der Waals surface area contributed by atoms with Crippen LogP contribution in [0.5, 0.6) is 0 Å². The topological polar surface area (TPSA) is 26.3 Å². The second-order valence-corrected chi connectivity index (χ2v) is 4.14. The molecule has 0 bridgehead atoms. The number of carbonyl (C=O) groups is 1. The Labute approximate surface area is 97.6 Å². The van der Waals surface area contributed by atoms with Crippen LogP contribution in [-0.2, 0) is 16.0 Å². The van der Waals surface area contributed by atoms with E-state index in [2.05, 4.69) is 19.1 Å². The van der Waals surface area contributed by atoms with Crippen molar-refractivity contribution in [2.45, 2.75) is 33.1 Å². The fourth-order valence-electron chi connectivity index (χ4n) is 1.72. The Hall–Kier alpha value is -1.31. The standard InChI is InChI=1S/C14H20O2/c1-3-16-14(15)10-9-12(2)11-13-7-5-4-6-8-13/h4-8,12H,3,9-11H2,1-2H3/t12-/m1/s1. The van der Waals surface area contributed by atoms with Gasteiger partial charge < -0.3 is 4.74 Å². The molecular formula is C14H20O2. The van der Waals surface area contributed by atoms with Gasteiger partial charge in [-0.25, -0.2) is 0 Å². The van der Waals surface area contributed by atoms with Gasteiger partial charge in [0.05, 0.1) is 6.61 Å². The number of ether oxygens (including phenoxy) is 1. The minimum absolute atomic E-state index is 0.0811. The highest BCUT2D eigenvalue weighted by atomic mass is 16.5. The van der Waals surface area contributed by atoms with Gasteiger partial charge in [-0.15, -0.1) is 0 Å². The molecule has 0 amide bonds. The second kappa shape index (κ2) is 7.04. The fourth-order valence-corrected chi connectivity index (χ4v) is 1.72. The third kappa shape index (κ3) is 4.96. The molecule has 0 saturated heterocycles. The van der Waals surface area contributed by atoms with Crippen LogP contribution in [-0.4, -0.2) is 12.6 Å². The maximum Gasteiger partial charge on any atom is 0.305 e. The Balaban J connectivity index is 2.26. The van der Waals surface area contributed by atoms with Gasteiger partial charge in [-0.05, 0) is 31.2 Å². The van der Waals surface area contributed by atoms with Crippen molar-refractivity contribution < 1.29 is 9.53 Å². The fraction of sp³-hybridized carbons (Fsp3) is 0.500. The van der Waals surface area contributed by atoms with E-state index in [9.17, 15) is 4.79 Å². The minimum atomic E-state index is -0.0811. The van der Waals surface area contributed by atoms with Crippen molar-refractivity contribution in [2.75, 3.05) is 6.61 Å². The Morgan fingerprint density at radius 1 is 1.31 bits per heavy atom. The van der Waals surface area contributed by atoms with E-state index in [1.807, 2.05) is 25.1 Å². The van der Waals surface area contributed by atoms with Gasteiger partial charge in [0.25, 0.3) is 0 Å². The molecule has 0 heterocycles. The molecule has 1 aromatic rings. The van der Waals surface area contributed by atoms with Crippen LogP contribution in [0.1, 0.15) is 32.3 Å². The van der Waals surface area contributed by atoms with Crippen LogP contribution in [0.2, 0.25) is 0 Å². The highest BCUT2D eigenvalue weighted by molar-refractivity contribution is 5.69. The molecule has 2 heteroatoms. The van der Waals surface area contributed by atoms with E-state index >= 15 is 0 Å². The van der Waals surface area contributed by atoms with Gasteiger partial charge in [-0.3, -0.25) is 4.79 Å². The molecule has 0 aliphatic rings. The Kier molecular flexibility index (Phi) is 5.62. The molecule has 1 rings (SSSR count). The number of rotatable bonds is 6. The summed E-state index contributed by atoms with van der Waals surface area (Å²) >= 11 is 0. The van der Waals surface area contributed by atoms with E-state index in [4.69, 9.17) is 4.74 Å². The Bertz CT molecular complexity index is 306. The van der Waals surface area contributed by atoms with Crippen molar-refractivity contribution >= 4 is 5.97 Å². The molecule has 0 radical (unpaired) electrons. The van der Waals surface area contributed by atoms with E-state index in [0.29, 0.717) is 18.9 Å². The summed E-state index contributed by atoms with van der Waals surface area (Å²) in [6.45, 7) is 4.49. The van der Waals surface area contributed by atoms with Crippen LogP contribution in [0.15, 0.2) is 30.3 Å². The van der Waals surface area contributed by atoms with Crippen molar-refractivity contribution in [3.8, 4) is 0 Å². The predicted octanol–water partition coefficient (Wildman–Crippen LogP) is 3.21. The molecule has 0 N–H and O–H groups in total. The third-order valence-corrected chi connectivity index (χ3v) is 2.57. The molecule has 88 valence electrons. The molecule has 16 heavy (non-hydrogen) atoms. The maximum atomic E-state index is 11.2. The summed E-state index contributed by atoms with van der Waals surface area (Å²) in [7, 11) is 0. The lowest BCUT2D eigenvalue weighted by Crippen LogP contribution is -2.07. The predicted molar refractivity (Wildman–Crippen MR) is 65.2 cm³/mol. The maximum absolute atomic E-state index is 11.2. The average Bonchev–Trinajstić information content (AvgIpc) is 2.28. The number of hydrogen-bond acceptors (Lipinski definition) is 2. The zero-order valence-electron chi connectivity index (χ0n) is 10.1. The Morgan fingerprint density at radius 2 is 2.00 bits per heavy atom. The first-order valence-electron chi connectivity index (χ1n) is 5.92. The van der Waals surface area contributed by atoms with Gasteiger partial charge in [0.15, 0.2) is 0 Å². The van der Waals surface area contributed by atoms with E-state index in [1.54, 1.807) is 0 Å². The summed E-state index contributed by atoms with van der Waals surface area (Å²) in [5.74, 6) is 0.439. The highest BCUT2D eigenvalue weighted by Gasteiger charge is 2.07. The summed E-state index contributed by atoms with van der Waals surface area (Å²) in [5, 5.41) is 0. The van der Waals surface area contributed by atoms with E-state index < -0.39 is 0 Å². The van der Waals surface area contributed by atoms with Gasteiger partial charge in [0.1, 0.15) is 0 Å². The van der Waals surface area contributed by atoms with Crippen molar-refractivity contribution in [3.63, 3.8) is 0 Å². The molecule has 0 fully saturated rings. The van der Waals surface area contributed by atoms with Gasteiger partial charge in [-0.2, -0.15) is 0 Å². The molecule has 1 aromatic carbocycles. The van der Waals surface area contributed by atoms with Crippen LogP contribution in [0, 0.1) is 5.92 Å². The summed E-state index contributed by atoms with van der Waals surface area (Å²) < 4.78 is 4.90. The molecule has 0 spiro atoms. The van der Waals surface area contributed by atoms with Crippen LogP contribution in [0.25, 0.3) is 0 Å². The zero-order valence-corrected chi connectivity index (χ0v) is 10.1. The molecule has 0 aliphatic heterocycles. The van der Waals surface area contributed by atoms with Gasteiger partial charge >= 0.3 is 5.97 Å². The van der Waals surface area contributed by atoms with Crippen molar-refractivity contribution in [1.82, 2.24) is 0 Å². The molecular weight excluding hydrogens is 200 g/mol. The minimum Gasteiger partial charge on any atom is -0.466 e. The second-order valence-electron chi connectivity index (χ2n) is 4.14. The number of hydrogen-bond donors (Lipinski definition) is 0. The SMILES string of the molecule is CCOC(=O)CC[C@@H](C)Cc1ccccc1. The van der Waals surface area contributed by atoms with Crippen molar-refractivity contribution in [1.29, 1.82) is 0 Å². The summed E-state index contributed by atoms with van der Waals surface area (Å²) in [4.78, 5) is 11.2. The first kappa shape index (κ1) is 12.8. The number of benzene rings is 1. The van der Waals surface area contributed by atoms with Gasteiger partial charge in [0, 0.05) is 6.42 Å². The van der Waals surface area contributed by atoms with Crippen LogP contribution in [0.4, 0.5) is 0 Å². The lowest BCUT2D eigenvalue weighted by molar-refractivity contribution is -0.143. The van der Waals surface area contributed by atoms with E-state index in [0.717, 1.165) is 12.8 Å². The van der Waals surface area contributed by atoms with Gasteiger partial charge in [-0.1, -0.05) is 37.3 Å². The summed E-state index contributed by atoms with van der Waals surface area (Å²) in [6.07, 6.45) is 2.45. The molecule has 0 aromatic heterocycles. The zero-order chi connectivity index (χ0) is 11.8. The molecule has 0 unspecified atom stereocenters. The van der Waals surface area contributed by atoms with E-state index in [1.165, 1.54) is 5.56 Å². The lowest BCUT2D eigenvalue weighted by Gasteiger charge is -2.10. The monoisotopic (exact) mass is 220 g/mol. The first-order valence-corrected chi connectivity index (χ1v) is 5.92. The molecule has 1 atom stereocenters. The average molecular weight is 220 g/mol. The molecule has 0 saturated carbocycles. The quantitative estimate of drug-likeness (QED) is 0.688. The number of carbonyl (C=O) groups excluding carboxylic acids is 1. The van der Waals surface area contributed by atoms with E-state index in [-0.39, 0.29) is 5.97 Å². The van der Waals surface area contributed by atoms with Crippen molar-refractivity contribution in [3.05, 3.63) is 35.9 Å². The summed E-state index contributed by atoms with van der Waals surface area (Å²) in [6, 6.07) is 10.4. The largest absolute Gasteiger partial charge is 0.466 e. The molecule has 2 nitrogen and oxygen atoms in total. The van der Waals surface area contributed by atoms with Crippen LogP contribution >= 0.6 is 0 Å². The van der Waals surface area contributed by atoms with Crippen LogP contribution in [0.3, 0.4) is 0 Å². The van der Waals surface area contributed by atoms with Crippen LogP contribution < -0.4 is 0 Å².